The van der Waals surface area contributed by atoms with Crippen LogP contribution < -0.4 is 0 Å². The Bertz CT molecular complexity index is 599. The number of benzene rings is 1. The summed E-state index contributed by atoms with van der Waals surface area (Å²) < 4.78 is 5.78. The lowest BCUT2D eigenvalue weighted by Crippen LogP contribution is -2.10. The van der Waals surface area contributed by atoms with Gasteiger partial charge in [-0.3, -0.25) is 4.79 Å². The predicted molar refractivity (Wildman–Crippen MR) is 82.2 cm³/mol. The van der Waals surface area contributed by atoms with Gasteiger partial charge in [-0.25, -0.2) is 0 Å². The van der Waals surface area contributed by atoms with E-state index in [2.05, 4.69) is 17.0 Å². The van der Waals surface area contributed by atoms with Crippen molar-refractivity contribution in [3.05, 3.63) is 47.7 Å². The largest absolute Gasteiger partial charge is 0.481 e. The molecule has 0 spiro atoms. The van der Waals surface area contributed by atoms with Gasteiger partial charge in [-0.2, -0.15) is 0 Å². The minimum absolute atomic E-state index is 0.0781. The zero-order valence-electron chi connectivity index (χ0n) is 12.7. The van der Waals surface area contributed by atoms with Crippen molar-refractivity contribution < 1.29 is 14.3 Å². The summed E-state index contributed by atoms with van der Waals surface area (Å²) >= 11 is 0. The summed E-state index contributed by atoms with van der Waals surface area (Å²) in [7, 11) is 4.08. The fraction of sp³-hybridized carbons (Fsp3) is 0.353. The van der Waals surface area contributed by atoms with Crippen LogP contribution in [0, 0.1) is 0 Å². The molecule has 2 rings (SSSR count). The molecule has 4 heteroatoms. The molecule has 0 aliphatic heterocycles. The van der Waals surface area contributed by atoms with Gasteiger partial charge >= 0.3 is 5.97 Å². The van der Waals surface area contributed by atoms with E-state index >= 15 is 0 Å². The minimum Gasteiger partial charge on any atom is -0.481 e. The van der Waals surface area contributed by atoms with Crippen molar-refractivity contribution in [2.24, 2.45) is 0 Å². The third-order valence-corrected chi connectivity index (χ3v) is 3.33. The van der Waals surface area contributed by atoms with Crippen LogP contribution in [0.15, 0.2) is 40.8 Å². The number of hydrogen-bond donors (Lipinski definition) is 1. The molecule has 1 N–H and O–H groups in total. The van der Waals surface area contributed by atoms with Crippen molar-refractivity contribution in [2.75, 3.05) is 14.1 Å². The monoisotopic (exact) mass is 287 g/mol. The Morgan fingerprint density at radius 3 is 2.43 bits per heavy atom. The summed E-state index contributed by atoms with van der Waals surface area (Å²) in [6.07, 6.45) is 0.0781. The highest BCUT2D eigenvalue weighted by molar-refractivity contribution is 5.68. The number of carboxylic acids is 1. The molecule has 1 atom stereocenters. The Labute approximate surface area is 125 Å². The van der Waals surface area contributed by atoms with Crippen molar-refractivity contribution in [3.63, 3.8) is 0 Å². The summed E-state index contributed by atoms with van der Waals surface area (Å²) in [6.45, 7) is 2.76. The van der Waals surface area contributed by atoms with Crippen LogP contribution in [0.4, 0.5) is 0 Å². The van der Waals surface area contributed by atoms with Crippen LogP contribution in [0.5, 0.6) is 0 Å². The quantitative estimate of drug-likeness (QED) is 0.882. The fourth-order valence-corrected chi connectivity index (χ4v) is 2.27. The van der Waals surface area contributed by atoms with Crippen LogP contribution in [-0.2, 0) is 11.3 Å². The number of hydrogen-bond acceptors (Lipinski definition) is 3. The van der Waals surface area contributed by atoms with Crippen LogP contribution >= 0.6 is 0 Å². The van der Waals surface area contributed by atoms with E-state index in [4.69, 9.17) is 9.52 Å². The lowest BCUT2D eigenvalue weighted by atomic mass is 10.1. The summed E-state index contributed by atoms with van der Waals surface area (Å²) in [4.78, 5) is 12.9. The second-order valence-corrected chi connectivity index (χ2v) is 5.64. The van der Waals surface area contributed by atoms with Crippen molar-refractivity contribution in [2.45, 2.75) is 25.8 Å². The topological polar surface area (TPSA) is 53.7 Å². The molecule has 0 saturated heterocycles. The van der Waals surface area contributed by atoms with Gasteiger partial charge in [0.25, 0.3) is 0 Å². The van der Waals surface area contributed by atoms with Crippen LogP contribution in [0.25, 0.3) is 11.3 Å². The lowest BCUT2D eigenvalue weighted by Gasteiger charge is -2.09. The molecule has 2 aromatic rings. The molecular weight excluding hydrogens is 266 g/mol. The molecule has 112 valence electrons. The van der Waals surface area contributed by atoms with E-state index in [1.807, 2.05) is 45.3 Å². The smallest absolute Gasteiger partial charge is 0.304 e. The average molecular weight is 287 g/mol. The Balaban J connectivity index is 2.12. The molecule has 0 aliphatic carbocycles. The third kappa shape index (κ3) is 4.20. The van der Waals surface area contributed by atoms with Crippen LogP contribution in [-0.4, -0.2) is 30.1 Å². The Kier molecular flexibility index (Phi) is 4.81. The van der Waals surface area contributed by atoms with Gasteiger partial charge in [-0.05, 0) is 31.8 Å². The Hall–Kier alpha value is -2.07. The van der Waals surface area contributed by atoms with Gasteiger partial charge in [0.2, 0.25) is 0 Å². The molecule has 1 unspecified atom stereocenters. The summed E-state index contributed by atoms with van der Waals surface area (Å²) in [5, 5.41) is 8.83. The summed E-state index contributed by atoms with van der Waals surface area (Å²) in [6, 6.07) is 12.0. The van der Waals surface area contributed by atoms with Gasteiger partial charge in [-0.15, -0.1) is 0 Å². The van der Waals surface area contributed by atoms with Gasteiger partial charge in [-0.1, -0.05) is 31.2 Å². The molecule has 1 aromatic carbocycles. The molecule has 0 bridgehead atoms. The maximum atomic E-state index is 10.7. The van der Waals surface area contributed by atoms with Crippen molar-refractivity contribution in [3.8, 4) is 11.3 Å². The highest BCUT2D eigenvalue weighted by Gasteiger charge is 2.14. The first-order valence-electron chi connectivity index (χ1n) is 7.01. The SMILES string of the molecule is CC(CC(=O)O)c1ccc(-c2ccc(CN(C)C)cc2)o1. The zero-order valence-corrected chi connectivity index (χ0v) is 12.7. The van der Waals surface area contributed by atoms with Gasteiger partial charge in [0.1, 0.15) is 11.5 Å². The summed E-state index contributed by atoms with van der Waals surface area (Å²) in [5.74, 6) is 0.557. The van der Waals surface area contributed by atoms with Gasteiger partial charge in [0.05, 0.1) is 6.42 Å². The van der Waals surface area contributed by atoms with Crippen LogP contribution in [0.2, 0.25) is 0 Å². The number of carbonyl (C=O) groups is 1. The van der Waals surface area contributed by atoms with E-state index < -0.39 is 5.97 Å². The number of aliphatic carboxylic acids is 1. The normalized spacial score (nSPS) is 12.6. The molecule has 0 radical (unpaired) electrons. The van der Waals surface area contributed by atoms with Gasteiger partial charge < -0.3 is 14.4 Å². The number of carboxylic acid groups (broad SMARTS) is 1. The van der Waals surface area contributed by atoms with E-state index in [0.717, 1.165) is 17.9 Å². The van der Waals surface area contributed by atoms with Crippen molar-refractivity contribution >= 4 is 5.97 Å². The Morgan fingerprint density at radius 2 is 1.86 bits per heavy atom. The molecule has 1 aromatic heterocycles. The first kappa shape index (κ1) is 15.3. The molecule has 0 saturated carbocycles. The van der Waals surface area contributed by atoms with Gasteiger partial charge in [0.15, 0.2) is 0 Å². The van der Waals surface area contributed by atoms with E-state index in [1.165, 1.54) is 5.56 Å². The highest BCUT2D eigenvalue weighted by atomic mass is 16.4. The fourth-order valence-electron chi connectivity index (χ4n) is 2.27. The number of furan rings is 1. The minimum atomic E-state index is -0.812. The molecule has 0 amide bonds. The summed E-state index contributed by atoms with van der Waals surface area (Å²) in [5.41, 5.74) is 2.25. The molecule has 4 nitrogen and oxygen atoms in total. The van der Waals surface area contributed by atoms with E-state index in [0.29, 0.717) is 5.76 Å². The molecule has 0 aliphatic rings. The van der Waals surface area contributed by atoms with Gasteiger partial charge in [0, 0.05) is 18.0 Å². The second-order valence-electron chi connectivity index (χ2n) is 5.64. The first-order chi connectivity index (χ1) is 9.95. The first-order valence-corrected chi connectivity index (χ1v) is 7.01. The Morgan fingerprint density at radius 1 is 1.19 bits per heavy atom. The van der Waals surface area contributed by atoms with Crippen molar-refractivity contribution in [1.29, 1.82) is 0 Å². The van der Waals surface area contributed by atoms with E-state index in [9.17, 15) is 4.79 Å². The number of rotatable bonds is 6. The van der Waals surface area contributed by atoms with E-state index in [1.54, 1.807) is 0 Å². The predicted octanol–water partition coefficient (Wildman–Crippen LogP) is 3.59. The molecule has 1 heterocycles. The molecular formula is C17H21NO3. The number of nitrogens with zero attached hydrogens (tertiary/aromatic N) is 1. The lowest BCUT2D eigenvalue weighted by molar-refractivity contribution is -0.137. The van der Waals surface area contributed by atoms with E-state index in [-0.39, 0.29) is 12.3 Å². The average Bonchev–Trinajstić information content (AvgIpc) is 2.87. The van der Waals surface area contributed by atoms with Crippen molar-refractivity contribution in [1.82, 2.24) is 4.90 Å². The van der Waals surface area contributed by atoms with Crippen LogP contribution in [0.1, 0.15) is 30.6 Å². The standard InChI is InChI=1S/C17H21NO3/c1-12(10-17(19)20)15-8-9-16(21-15)14-6-4-13(5-7-14)11-18(2)3/h4-9,12H,10-11H2,1-3H3,(H,19,20). The maximum Gasteiger partial charge on any atom is 0.304 e. The highest BCUT2D eigenvalue weighted by Crippen LogP contribution is 2.28. The third-order valence-electron chi connectivity index (χ3n) is 3.33. The van der Waals surface area contributed by atoms with Crippen LogP contribution in [0.3, 0.4) is 0 Å². The molecule has 0 fully saturated rings. The molecule has 21 heavy (non-hydrogen) atoms. The zero-order chi connectivity index (χ0) is 15.4. The maximum absolute atomic E-state index is 10.7. The second kappa shape index (κ2) is 6.59.